The van der Waals surface area contributed by atoms with Gasteiger partial charge in [-0.15, -0.1) is 0 Å². The molecule has 0 saturated heterocycles. The van der Waals surface area contributed by atoms with Crippen LogP contribution in [0.1, 0.15) is 5.56 Å². The number of benzene rings is 1. The first-order valence-electron chi connectivity index (χ1n) is 5.13. The van der Waals surface area contributed by atoms with Gasteiger partial charge in [-0.05, 0) is 23.8 Å². The lowest BCUT2D eigenvalue weighted by Crippen LogP contribution is -2.08. The van der Waals surface area contributed by atoms with Crippen molar-refractivity contribution < 1.29 is 9.84 Å². The summed E-state index contributed by atoms with van der Waals surface area (Å²) in [6, 6.07) is 12.4. The van der Waals surface area contributed by atoms with E-state index in [1.54, 1.807) is 30.3 Å². The molecular weight excluding hydrogens is 218 g/mol. The SMILES string of the molecule is NNc1cccc(Oc2cccc(CO)c2)n1. The predicted octanol–water partition coefficient (Wildman–Crippen LogP) is 1.65. The van der Waals surface area contributed by atoms with Crippen LogP contribution >= 0.6 is 0 Å². The molecule has 0 fully saturated rings. The summed E-state index contributed by atoms with van der Waals surface area (Å²) in [5.41, 5.74) is 3.23. The quantitative estimate of drug-likeness (QED) is 0.550. The van der Waals surface area contributed by atoms with Gasteiger partial charge in [-0.1, -0.05) is 18.2 Å². The van der Waals surface area contributed by atoms with Crippen LogP contribution in [0.15, 0.2) is 42.5 Å². The maximum absolute atomic E-state index is 9.01. The molecule has 0 aliphatic heterocycles. The number of aliphatic hydroxyl groups is 1. The van der Waals surface area contributed by atoms with Crippen molar-refractivity contribution in [2.75, 3.05) is 5.43 Å². The summed E-state index contributed by atoms with van der Waals surface area (Å²) in [7, 11) is 0. The Balaban J connectivity index is 2.18. The zero-order valence-electron chi connectivity index (χ0n) is 9.13. The van der Waals surface area contributed by atoms with Crippen LogP contribution in [0.5, 0.6) is 11.6 Å². The van der Waals surface area contributed by atoms with Gasteiger partial charge < -0.3 is 15.3 Å². The van der Waals surface area contributed by atoms with E-state index in [9.17, 15) is 0 Å². The van der Waals surface area contributed by atoms with E-state index >= 15 is 0 Å². The van der Waals surface area contributed by atoms with Gasteiger partial charge in [0, 0.05) is 6.07 Å². The highest BCUT2D eigenvalue weighted by molar-refractivity contribution is 5.37. The first kappa shape index (κ1) is 11.4. The monoisotopic (exact) mass is 231 g/mol. The molecular formula is C12H13N3O2. The average Bonchev–Trinajstić information content (AvgIpc) is 2.39. The van der Waals surface area contributed by atoms with Crippen LogP contribution in [0.4, 0.5) is 5.82 Å². The minimum absolute atomic E-state index is 0.0188. The van der Waals surface area contributed by atoms with Crippen LogP contribution in [-0.4, -0.2) is 10.1 Å². The molecule has 0 aliphatic carbocycles. The van der Waals surface area contributed by atoms with Crippen LogP contribution in [0, 0.1) is 0 Å². The van der Waals surface area contributed by atoms with Crippen molar-refractivity contribution in [3.63, 3.8) is 0 Å². The molecule has 1 aromatic heterocycles. The summed E-state index contributed by atoms with van der Waals surface area (Å²) in [4.78, 5) is 4.12. The fourth-order valence-corrected chi connectivity index (χ4v) is 1.38. The number of hydrogen-bond acceptors (Lipinski definition) is 5. The first-order valence-corrected chi connectivity index (χ1v) is 5.13. The van der Waals surface area contributed by atoms with Gasteiger partial charge in [0.25, 0.3) is 0 Å². The Morgan fingerprint density at radius 2 is 2.06 bits per heavy atom. The number of nitrogen functional groups attached to an aromatic ring is 1. The molecule has 0 aliphatic rings. The summed E-state index contributed by atoms with van der Waals surface area (Å²) in [6.07, 6.45) is 0. The zero-order chi connectivity index (χ0) is 12.1. The average molecular weight is 231 g/mol. The second-order valence-corrected chi connectivity index (χ2v) is 3.41. The van der Waals surface area contributed by atoms with Crippen molar-refractivity contribution in [1.29, 1.82) is 0 Å². The van der Waals surface area contributed by atoms with E-state index in [0.29, 0.717) is 17.4 Å². The topological polar surface area (TPSA) is 80.4 Å². The van der Waals surface area contributed by atoms with Crippen LogP contribution in [0.2, 0.25) is 0 Å². The maximum atomic E-state index is 9.01. The normalized spacial score (nSPS) is 10.0. The number of nitrogens with two attached hydrogens (primary N) is 1. The molecule has 0 bridgehead atoms. The van der Waals surface area contributed by atoms with Crippen molar-refractivity contribution in [2.24, 2.45) is 5.84 Å². The lowest BCUT2D eigenvalue weighted by atomic mass is 10.2. The van der Waals surface area contributed by atoms with E-state index in [4.69, 9.17) is 15.7 Å². The number of rotatable bonds is 4. The molecule has 0 atom stereocenters. The van der Waals surface area contributed by atoms with Crippen molar-refractivity contribution in [3.8, 4) is 11.6 Å². The van der Waals surface area contributed by atoms with Crippen molar-refractivity contribution in [1.82, 2.24) is 4.98 Å². The van der Waals surface area contributed by atoms with Gasteiger partial charge in [0.1, 0.15) is 11.6 Å². The van der Waals surface area contributed by atoms with Crippen molar-refractivity contribution >= 4 is 5.82 Å². The number of aliphatic hydroxyl groups excluding tert-OH is 1. The fraction of sp³-hybridized carbons (Fsp3) is 0.0833. The molecule has 0 saturated carbocycles. The maximum Gasteiger partial charge on any atom is 0.221 e. The highest BCUT2D eigenvalue weighted by Gasteiger charge is 2.00. The van der Waals surface area contributed by atoms with Crippen LogP contribution < -0.4 is 16.0 Å². The summed E-state index contributed by atoms with van der Waals surface area (Å²) in [5.74, 6) is 6.85. The number of hydrazine groups is 1. The minimum atomic E-state index is -0.0188. The van der Waals surface area contributed by atoms with Gasteiger partial charge in [0.05, 0.1) is 6.61 Å². The van der Waals surface area contributed by atoms with Crippen LogP contribution in [0.25, 0.3) is 0 Å². The number of hydrogen-bond donors (Lipinski definition) is 3. The Morgan fingerprint density at radius 1 is 1.24 bits per heavy atom. The van der Waals surface area contributed by atoms with E-state index < -0.39 is 0 Å². The van der Waals surface area contributed by atoms with Gasteiger partial charge in [-0.3, -0.25) is 0 Å². The zero-order valence-corrected chi connectivity index (χ0v) is 9.13. The molecule has 5 nitrogen and oxygen atoms in total. The third kappa shape index (κ3) is 2.93. The number of pyridine rings is 1. The minimum Gasteiger partial charge on any atom is -0.439 e. The Hall–Kier alpha value is -2.11. The second kappa shape index (κ2) is 5.29. The summed E-state index contributed by atoms with van der Waals surface area (Å²) in [6.45, 7) is -0.0188. The van der Waals surface area contributed by atoms with E-state index in [1.807, 2.05) is 12.1 Å². The molecule has 1 heterocycles. The molecule has 0 amide bonds. The summed E-state index contributed by atoms with van der Waals surface area (Å²) >= 11 is 0. The lowest BCUT2D eigenvalue weighted by molar-refractivity contribution is 0.281. The Morgan fingerprint density at radius 3 is 2.82 bits per heavy atom. The lowest BCUT2D eigenvalue weighted by Gasteiger charge is -2.07. The third-order valence-electron chi connectivity index (χ3n) is 2.17. The second-order valence-electron chi connectivity index (χ2n) is 3.41. The molecule has 0 spiro atoms. The van der Waals surface area contributed by atoms with Gasteiger partial charge in [0.2, 0.25) is 5.88 Å². The molecule has 88 valence electrons. The number of ether oxygens (including phenoxy) is 1. The molecule has 0 unspecified atom stereocenters. The van der Waals surface area contributed by atoms with E-state index in [1.165, 1.54) is 0 Å². The third-order valence-corrected chi connectivity index (χ3v) is 2.17. The molecule has 2 aromatic rings. The van der Waals surface area contributed by atoms with E-state index in [2.05, 4.69) is 10.4 Å². The van der Waals surface area contributed by atoms with Gasteiger partial charge >= 0.3 is 0 Å². The van der Waals surface area contributed by atoms with Crippen molar-refractivity contribution in [3.05, 3.63) is 48.0 Å². The highest BCUT2D eigenvalue weighted by atomic mass is 16.5. The van der Waals surface area contributed by atoms with Crippen molar-refractivity contribution in [2.45, 2.75) is 6.61 Å². The number of anilines is 1. The van der Waals surface area contributed by atoms with Crippen LogP contribution in [-0.2, 0) is 6.61 Å². The Labute approximate surface area is 98.8 Å². The molecule has 0 radical (unpaired) electrons. The largest absolute Gasteiger partial charge is 0.439 e. The van der Waals surface area contributed by atoms with Gasteiger partial charge in [-0.25, -0.2) is 5.84 Å². The number of nitrogens with one attached hydrogen (secondary N) is 1. The van der Waals surface area contributed by atoms with Gasteiger partial charge in [-0.2, -0.15) is 4.98 Å². The Kier molecular flexibility index (Phi) is 3.54. The van der Waals surface area contributed by atoms with E-state index in [-0.39, 0.29) is 6.61 Å². The van der Waals surface area contributed by atoms with E-state index in [0.717, 1.165) is 5.56 Å². The molecule has 5 heteroatoms. The first-order chi connectivity index (χ1) is 8.31. The molecule has 1 aromatic carbocycles. The fourth-order valence-electron chi connectivity index (χ4n) is 1.38. The summed E-state index contributed by atoms with van der Waals surface area (Å²) in [5, 5.41) is 9.01. The highest BCUT2D eigenvalue weighted by Crippen LogP contribution is 2.21. The van der Waals surface area contributed by atoms with Gasteiger partial charge in [0.15, 0.2) is 0 Å². The molecule has 2 rings (SSSR count). The molecule has 17 heavy (non-hydrogen) atoms. The number of aromatic nitrogens is 1. The standard InChI is InChI=1S/C12H13N3O2/c13-15-11-5-2-6-12(14-11)17-10-4-1-3-9(7-10)8-16/h1-7,16H,8,13H2,(H,14,15). The number of nitrogens with zero attached hydrogens (tertiary/aromatic N) is 1. The molecule has 4 N–H and O–H groups in total. The smallest absolute Gasteiger partial charge is 0.221 e. The summed E-state index contributed by atoms with van der Waals surface area (Å²) < 4.78 is 5.55. The predicted molar refractivity (Wildman–Crippen MR) is 64.5 cm³/mol. The Bertz CT molecular complexity index is 457. The van der Waals surface area contributed by atoms with Crippen LogP contribution in [0.3, 0.4) is 0 Å².